The fourth-order valence-corrected chi connectivity index (χ4v) is 2.43. The van der Waals surface area contributed by atoms with Gasteiger partial charge in [-0.1, -0.05) is 11.2 Å². The van der Waals surface area contributed by atoms with E-state index in [9.17, 15) is 4.79 Å². The first-order chi connectivity index (χ1) is 12.6. The average Bonchev–Trinajstić information content (AvgIpc) is 3.32. The summed E-state index contributed by atoms with van der Waals surface area (Å²) in [5.41, 5.74) is 1.47. The second-order valence-corrected chi connectivity index (χ2v) is 6.09. The summed E-state index contributed by atoms with van der Waals surface area (Å²) >= 11 is 0. The predicted octanol–water partition coefficient (Wildman–Crippen LogP) is 2.53. The topological polar surface area (TPSA) is 97.9 Å². The van der Waals surface area contributed by atoms with Gasteiger partial charge in [0.2, 0.25) is 5.91 Å². The standard InChI is InChI=1S/C18H22N6O2.ClH/c1-13(19-2)10-16-22-18(26-23-16)14-4-3-5-15(11-14)21-17(25)6-8-24-9-7-20-12-24;/h3-5,7,9,11-13,19H,6,8,10H2,1-2H3,(H,21,25);1H. The van der Waals surface area contributed by atoms with Gasteiger partial charge in [0.25, 0.3) is 5.89 Å². The van der Waals surface area contributed by atoms with Crippen LogP contribution in [-0.2, 0) is 17.8 Å². The molecule has 0 saturated heterocycles. The molecule has 0 radical (unpaired) electrons. The number of nitrogens with one attached hydrogen (secondary N) is 2. The van der Waals surface area contributed by atoms with Gasteiger partial charge in [-0.3, -0.25) is 4.79 Å². The summed E-state index contributed by atoms with van der Waals surface area (Å²) < 4.78 is 7.20. The van der Waals surface area contributed by atoms with Crippen molar-refractivity contribution in [1.82, 2.24) is 25.0 Å². The Morgan fingerprint density at radius 2 is 2.22 bits per heavy atom. The van der Waals surface area contributed by atoms with Crippen LogP contribution in [0.15, 0.2) is 47.5 Å². The van der Waals surface area contributed by atoms with Crippen LogP contribution in [0.5, 0.6) is 0 Å². The number of hydrogen-bond donors (Lipinski definition) is 2. The second kappa shape index (κ2) is 9.84. The van der Waals surface area contributed by atoms with Crippen molar-refractivity contribution in [3.63, 3.8) is 0 Å². The number of aryl methyl sites for hydroxylation is 1. The van der Waals surface area contributed by atoms with Gasteiger partial charge in [-0.05, 0) is 32.2 Å². The van der Waals surface area contributed by atoms with Crippen molar-refractivity contribution in [3.05, 3.63) is 48.8 Å². The summed E-state index contributed by atoms with van der Waals surface area (Å²) in [6.45, 7) is 2.64. The molecule has 9 heteroatoms. The Morgan fingerprint density at radius 3 is 2.96 bits per heavy atom. The summed E-state index contributed by atoms with van der Waals surface area (Å²) in [5.74, 6) is 1.03. The summed E-state index contributed by atoms with van der Waals surface area (Å²) in [6, 6.07) is 7.65. The summed E-state index contributed by atoms with van der Waals surface area (Å²) in [4.78, 5) is 20.5. The number of carbonyl (C=O) groups is 1. The first kappa shape index (κ1) is 20.6. The maximum Gasteiger partial charge on any atom is 0.257 e. The third-order valence-corrected chi connectivity index (χ3v) is 4.00. The van der Waals surface area contributed by atoms with E-state index in [2.05, 4.69) is 32.7 Å². The van der Waals surface area contributed by atoms with Gasteiger partial charge >= 0.3 is 0 Å². The van der Waals surface area contributed by atoms with E-state index >= 15 is 0 Å². The van der Waals surface area contributed by atoms with Crippen molar-refractivity contribution in [2.75, 3.05) is 12.4 Å². The maximum atomic E-state index is 12.1. The molecular formula is C18H23ClN6O2. The van der Waals surface area contributed by atoms with Gasteiger partial charge in [0, 0.05) is 49.1 Å². The van der Waals surface area contributed by atoms with E-state index < -0.39 is 0 Å². The first-order valence-electron chi connectivity index (χ1n) is 8.50. The molecule has 8 nitrogen and oxygen atoms in total. The Kier molecular flexibility index (Phi) is 7.51. The second-order valence-electron chi connectivity index (χ2n) is 6.09. The van der Waals surface area contributed by atoms with Crippen LogP contribution >= 0.6 is 12.4 Å². The van der Waals surface area contributed by atoms with Gasteiger partial charge in [-0.2, -0.15) is 4.98 Å². The molecule has 1 amide bonds. The number of imidazole rings is 1. The van der Waals surface area contributed by atoms with Gasteiger partial charge in [0.15, 0.2) is 5.82 Å². The summed E-state index contributed by atoms with van der Waals surface area (Å²) in [6.07, 6.45) is 6.27. The highest BCUT2D eigenvalue weighted by atomic mass is 35.5. The number of halogens is 1. The van der Waals surface area contributed by atoms with Crippen molar-refractivity contribution in [1.29, 1.82) is 0 Å². The van der Waals surface area contributed by atoms with E-state index in [1.54, 1.807) is 12.5 Å². The van der Waals surface area contributed by atoms with Crippen molar-refractivity contribution in [2.45, 2.75) is 32.4 Å². The Balaban J connectivity index is 0.00000261. The molecular weight excluding hydrogens is 368 g/mol. The molecule has 0 aliphatic carbocycles. The van der Waals surface area contributed by atoms with Crippen LogP contribution in [0.2, 0.25) is 0 Å². The van der Waals surface area contributed by atoms with Crippen molar-refractivity contribution in [2.24, 2.45) is 0 Å². The van der Waals surface area contributed by atoms with E-state index in [4.69, 9.17) is 4.52 Å². The molecule has 3 aromatic rings. The van der Waals surface area contributed by atoms with Crippen LogP contribution in [0, 0.1) is 0 Å². The highest BCUT2D eigenvalue weighted by Crippen LogP contribution is 2.21. The zero-order valence-electron chi connectivity index (χ0n) is 15.3. The number of hydrogen-bond acceptors (Lipinski definition) is 6. The SMILES string of the molecule is CNC(C)Cc1noc(-c2cccc(NC(=O)CCn3ccnc3)c2)n1.Cl. The Hall–Kier alpha value is -2.71. The van der Waals surface area contributed by atoms with Crippen molar-refractivity contribution in [3.8, 4) is 11.5 Å². The first-order valence-corrected chi connectivity index (χ1v) is 8.50. The lowest BCUT2D eigenvalue weighted by molar-refractivity contribution is -0.116. The molecule has 0 spiro atoms. The Labute approximate surface area is 163 Å². The molecule has 0 fully saturated rings. The Morgan fingerprint density at radius 1 is 1.37 bits per heavy atom. The lowest BCUT2D eigenvalue weighted by Gasteiger charge is -2.06. The third-order valence-electron chi connectivity index (χ3n) is 4.00. The molecule has 0 aliphatic rings. The van der Waals surface area contributed by atoms with Gasteiger partial charge in [-0.25, -0.2) is 4.98 Å². The normalized spacial score (nSPS) is 11.6. The van der Waals surface area contributed by atoms with E-state index in [1.165, 1.54) is 0 Å². The van der Waals surface area contributed by atoms with Crippen LogP contribution in [0.1, 0.15) is 19.2 Å². The van der Waals surface area contributed by atoms with Gasteiger partial charge < -0.3 is 19.7 Å². The van der Waals surface area contributed by atoms with E-state index in [-0.39, 0.29) is 24.4 Å². The van der Waals surface area contributed by atoms with E-state index in [1.807, 2.05) is 42.1 Å². The molecule has 2 aromatic heterocycles. The van der Waals surface area contributed by atoms with Gasteiger partial charge in [-0.15, -0.1) is 12.4 Å². The number of amides is 1. The molecule has 1 unspecified atom stereocenters. The molecule has 3 rings (SSSR count). The zero-order valence-corrected chi connectivity index (χ0v) is 16.1. The molecule has 0 bridgehead atoms. The minimum Gasteiger partial charge on any atom is -0.337 e. The van der Waals surface area contributed by atoms with Crippen LogP contribution in [0.3, 0.4) is 0 Å². The summed E-state index contributed by atoms with van der Waals surface area (Å²) in [5, 5.41) is 10.0. The van der Waals surface area contributed by atoms with Crippen molar-refractivity contribution < 1.29 is 9.32 Å². The third kappa shape index (κ3) is 5.90. The highest BCUT2D eigenvalue weighted by molar-refractivity contribution is 5.91. The summed E-state index contributed by atoms with van der Waals surface area (Å²) in [7, 11) is 1.89. The minimum absolute atomic E-state index is 0. The highest BCUT2D eigenvalue weighted by Gasteiger charge is 2.12. The molecule has 1 aromatic carbocycles. The maximum absolute atomic E-state index is 12.1. The smallest absolute Gasteiger partial charge is 0.257 e. The van der Waals surface area contributed by atoms with Crippen LogP contribution in [0.4, 0.5) is 5.69 Å². The number of benzene rings is 1. The van der Waals surface area contributed by atoms with Crippen molar-refractivity contribution >= 4 is 24.0 Å². The van der Waals surface area contributed by atoms with E-state index in [0.29, 0.717) is 36.8 Å². The number of likely N-dealkylation sites (N-methyl/N-ethyl adjacent to an activating group) is 1. The fourth-order valence-electron chi connectivity index (χ4n) is 2.43. The van der Waals surface area contributed by atoms with Crippen LogP contribution in [-0.4, -0.2) is 38.7 Å². The molecule has 144 valence electrons. The monoisotopic (exact) mass is 390 g/mol. The number of aromatic nitrogens is 4. The molecule has 27 heavy (non-hydrogen) atoms. The van der Waals surface area contributed by atoms with E-state index in [0.717, 1.165) is 5.56 Å². The Bertz CT molecular complexity index is 849. The molecule has 0 saturated carbocycles. The molecule has 1 atom stereocenters. The van der Waals surface area contributed by atoms with Crippen LogP contribution in [0.25, 0.3) is 11.5 Å². The number of carbonyl (C=O) groups excluding carboxylic acids is 1. The number of rotatable bonds is 8. The zero-order chi connectivity index (χ0) is 18.4. The van der Waals surface area contributed by atoms with Gasteiger partial charge in [0.1, 0.15) is 0 Å². The molecule has 0 aliphatic heterocycles. The predicted molar refractivity (Wildman–Crippen MR) is 105 cm³/mol. The molecule has 2 N–H and O–H groups in total. The fraction of sp³-hybridized carbons (Fsp3) is 0.333. The minimum atomic E-state index is -0.0649. The van der Waals surface area contributed by atoms with Crippen LogP contribution < -0.4 is 10.6 Å². The van der Waals surface area contributed by atoms with Gasteiger partial charge in [0.05, 0.1) is 6.33 Å². The largest absolute Gasteiger partial charge is 0.337 e. The average molecular weight is 391 g/mol. The number of anilines is 1. The number of nitrogens with zero attached hydrogens (tertiary/aromatic N) is 4. The lowest BCUT2D eigenvalue weighted by atomic mass is 10.2. The lowest BCUT2D eigenvalue weighted by Crippen LogP contribution is -2.24. The quantitative estimate of drug-likeness (QED) is 0.613. The molecule has 2 heterocycles.